The smallest absolute Gasteiger partial charge is 0.340 e. The molecule has 0 saturated carbocycles. The maximum atomic E-state index is 13.0. The molecule has 6 heteroatoms. The number of esters is 1. The van der Waals surface area contributed by atoms with E-state index in [4.69, 9.17) is 4.74 Å². The fourth-order valence-electron chi connectivity index (χ4n) is 4.30. The minimum absolute atomic E-state index is 0.0303. The van der Waals surface area contributed by atoms with Crippen molar-refractivity contribution in [1.29, 1.82) is 0 Å². The molecule has 1 heterocycles. The highest BCUT2D eigenvalue weighted by molar-refractivity contribution is 5.98. The summed E-state index contributed by atoms with van der Waals surface area (Å²) >= 11 is 0. The molecule has 0 amide bonds. The molecule has 0 fully saturated rings. The third-order valence-electron chi connectivity index (χ3n) is 5.96. The summed E-state index contributed by atoms with van der Waals surface area (Å²) in [5.41, 5.74) is 3.06. The predicted molar refractivity (Wildman–Crippen MR) is 114 cm³/mol. The van der Waals surface area contributed by atoms with E-state index in [1.807, 2.05) is 0 Å². The molecule has 0 bridgehead atoms. The molecule has 31 heavy (non-hydrogen) atoms. The Bertz CT molecular complexity index is 1210. The second kappa shape index (κ2) is 6.87. The van der Waals surface area contributed by atoms with Gasteiger partial charge < -0.3 is 20.1 Å². The Morgan fingerprint density at radius 3 is 1.77 bits per heavy atom. The average Bonchev–Trinajstić information content (AvgIpc) is 3.00. The number of phenols is 2. The highest BCUT2D eigenvalue weighted by Gasteiger charge is 2.50. The summed E-state index contributed by atoms with van der Waals surface area (Å²) in [5, 5.41) is 30.0. The Morgan fingerprint density at radius 1 is 0.774 bits per heavy atom. The third-order valence-corrected chi connectivity index (χ3v) is 5.96. The molecule has 0 aromatic heterocycles. The summed E-state index contributed by atoms with van der Waals surface area (Å²) in [5.74, 6) is -1.46. The van der Waals surface area contributed by atoms with Gasteiger partial charge in [0.2, 0.25) is 0 Å². The molecule has 3 aromatic carbocycles. The van der Waals surface area contributed by atoms with E-state index in [1.54, 1.807) is 52.0 Å². The monoisotopic (exact) mass is 418 g/mol. The molecule has 3 aromatic rings. The van der Waals surface area contributed by atoms with Crippen LogP contribution < -0.4 is 0 Å². The number of aryl methyl sites for hydroxylation is 4. The van der Waals surface area contributed by atoms with Gasteiger partial charge in [-0.2, -0.15) is 0 Å². The highest BCUT2D eigenvalue weighted by Crippen LogP contribution is 2.50. The lowest BCUT2D eigenvalue weighted by atomic mass is 9.75. The molecule has 0 saturated heterocycles. The van der Waals surface area contributed by atoms with Crippen LogP contribution in [0.2, 0.25) is 0 Å². The lowest BCUT2D eigenvalue weighted by Crippen LogP contribution is -2.32. The van der Waals surface area contributed by atoms with Crippen molar-refractivity contribution in [2.45, 2.75) is 33.3 Å². The Labute approximate surface area is 179 Å². The Kier molecular flexibility index (Phi) is 4.54. The van der Waals surface area contributed by atoms with E-state index >= 15 is 0 Å². The number of fused-ring (bicyclic) bond motifs is 1. The van der Waals surface area contributed by atoms with Crippen LogP contribution in [0, 0.1) is 27.7 Å². The first-order chi connectivity index (χ1) is 14.6. The molecule has 0 atom stereocenters. The van der Waals surface area contributed by atoms with E-state index in [9.17, 15) is 24.9 Å². The van der Waals surface area contributed by atoms with Crippen LogP contribution >= 0.6 is 0 Å². The number of hydrogen-bond acceptors (Lipinski definition) is 5. The predicted octanol–water partition coefficient (Wildman–Crippen LogP) is 4.49. The molecule has 1 aliphatic rings. The number of cyclic esters (lactones) is 1. The summed E-state index contributed by atoms with van der Waals surface area (Å²) in [7, 11) is 0. The van der Waals surface area contributed by atoms with Crippen molar-refractivity contribution in [3.63, 3.8) is 0 Å². The molecular formula is C25H22O6. The minimum Gasteiger partial charge on any atom is -0.508 e. The number of carbonyl (C=O) groups is 2. The van der Waals surface area contributed by atoms with Gasteiger partial charge in [-0.05, 0) is 92.4 Å². The molecule has 1 aliphatic heterocycles. The largest absolute Gasteiger partial charge is 0.508 e. The van der Waals surface area contributed by atoms with Crippen LogP contribution in [-0.2, 0) is 10.3 Å². The lowest BCUT2D eigenvalue weighted by molar-refractivity contribution is 0.0248. The highest BCUT2D eigenvalue weighted by atomic mass is 16.6. The van der Waals surface area contributed by atoms with Gasteiger partial charge in [0.15, 0.2) is 5.60 Å². The molecule has 0 spiro atoms. The van der Waals surface area contributed by atoms with Gasteiger partial charge in [-0.3, -0.25) is 0 Å². The van der Waals surface area contributed by atoms with Crippen molar-refractivity contribution < 1.29 is 29.6 Å². The SMILES string of the molecule is Cc1cc(C2(c3cc(C)c(O)cc3C)OC(=O)c3ccc(C(=O)O)cc32)c(C)cc1O. The molecule has 158 valence electrons. The standard InChI is InChI=1S/C25H22O6/c1-12-9-21(26)14(3)7-18(12)25(19-8-15(4)22(27)10-13(19)2)20-11-16(23(28)29)5-6-17(20)24(30)31-25/h5-11,26-27H,1-4H3,(H,28,29). The van der Waals surface area contributed by atoms with Crippen LogP contribution in [0.5, 0.6) is 11.5 Å². The number of rotatable bonds is 3. The van der Waals surface area contributed by atoms with Crippen LogP contribution in [0.1, 0.15) is 59.7 Å². The number of ether oxygens (including phenoxy) is 1. The van der Waals surface area contributed by atoms with Gasteiger partial charge in [0, 0.05) is 16.7 Å². The minimum atomic E-state index is -1.43. The van der Waals surface area contributed by atoms with Crippen LogP contribution in [0.25, 0.3) is 0 Å². The second-order valence-electron chi connectivity index (χ2n) is 8.04. The number of carboxylic acids is 1. The Hall–Kier alpha value is -3.80. The van der Waals surface area contributed by atoms with E-state index in [2.05, 4.69) is 0 Å². The molecule has 0 aliphatic carbocycles. The number of aromatic hydroxyl groups is 2. The van der Waals surface area contributed by atoms with Crippen molar-refractivity contribution in [3.8, 4) is 11.5 Å². The Morgan fingerprint density at radius 2 is 1.29 bits per heavy atom. The van der Waals surface area contributed by atoms with Gasteiger partial charge in [-0.25, -0.2) is 9.59 Å². The number of carboxylic acid groups (broad SMARTS) is 1. The van der Waals surface area contributed by atoms with Crippen LogP contribution in [0.3, 0.4) is 0 Å². The first-order valence-electron chi connectivity index (χ1n) is 9.78. The van der Waals surface area contributed by atoms with Crippen LogP contribution in [0.15, 0.2) is 42.5 Å². The van der Waals surface area contributed by atoms with Crippen molar-refractivity contribution in [1.82, 2.24) is 0 Å². The number of phenolic OH excluding ortho intramolecular Hbond substituents is 2. The summed E-state index contributed by atoms with van der Waals surface area (Å²) in [6, 6.07) is 11.0. The van der Waals surface area contributed by atoms with Crippen molar-refractivity contribution >= 4 is 11.9 Å². The summed E-state index contributed by atoms with van der Waals surface area (Å²) in [4.78, 5) is 24.7. The van der Waals surface area contributed by atoms with Crippen LogP contribution in [-0.4, -0.2) is 27.3 Å². The van der Waals surface area contributed by atoms with E-state index < -0.39 is 17.5 Å². The van der Waals surface area contributed by atoms with Crippen LogP contribution in [0.4, 0.5) is 0 Å². The number of aromatic carboxylic acids is 1. The van der Waals surface area contributed by atoms with Gasteiger partial charge in [-0.1, -0.05) is 0 Å². The molecule has 3 N–H and O–H groups in total. The quantitative estimate of drug-likeness (QED) is 0.542. The molecule has 6 nitrogen and oxygen atoms in total. The number of benzene rings is 3. The zero-order valence-electron chi connectivity index (χ0n) is 17.6. The van der Waals surface area contributed by atoms with E-state index in [0.29, 0.717) is 38.9 Å². The molecule has 4 rings (SSSR count). The lowest BCUT2D eigenvalue weighted by Gasteiger charge is -2.33. The maximum Gasteiger partial charge on any atom is 0.340 e. The van der Waals surface area contributed by atoms with E-state index in [1.165, 1.54) is 18.2 Å². The van der Waals surface area contributed by atoms with Crippen molar-refractivity contribution in [2.75, 3.05) is 0 Å². The first-order valence-corrected chi connectivity index (χ1v) is 9.78. The maximum absolute atomic E-state index is 13.0. The van der Waals surface area contributed by atoms with Gasteiger partial charge in [-0.15, -0.1) is 0 Å². The number of hydrogen-bond donors (Lipinski definition) is 3. The molecule has 0 radical (unpaired) electrons. The van der Waals surface area contributed by atoms with Crippen molar-refractivity contribution in [2.24, 2.45) is 0 Å². The van der Waals surface area contributed by atoms with Gasteiger partial charge in [0.05, 0.1) is 11.1 Å². The summed E-state index contributed by atoms with van der Waals surface area (Å²) < 4.78 is 6.08. The van der Waals surface area contributed by atoms with Gasteiger partial charge >= 0.3 is 11.9 Å². The van der Waals surface area contributed by atoms with Gasteiger partial charge in [0.25, 0.3) is 0 Å². The topological polar surface area (TPSA) is 104 Å². The average molecular weight is 418 g/mol. The second-order valence-corrected chi connectivity index (χ2v) is 8.04. The fraction of sp³-hybridized carbons (Fsp3) is 0.200. The van der Waals surface area contributed by atoms with Crippen molar-refractivity contribution in [3.05, 3.63) is 92.5 Å². The normalized spacial score (nSPS) is 14.3. The van der Waals surface area contributed by atoms with E-state index in [-0.39, 0.29) is 22.6 Å². The third kappa shape index (κ3) is 2.94. The zero-order valence-corrected chi connectivity index (χ0v) is 17.6. The summed E-state index contributed by atoms with van der Waals surface area (Å²) in [6.07, 6.45) is 0. The molecular weight excluding hydrogens is 396 g/mol. The van der Waals surface area contributed by atoms with E-state index in [0.717, 1.165) is 0 Å². The zero-order chi connectivity index (χ0) is 22.7. The summed E-state index contributed by atoms with van der Waals surface area (Å²) in [6.45, 7) is 7.08. The van der Waals surface area contributed by atoms with Gasteiger partial charge in [0.1, 0.15) is 11.5 Å². The first kappa shape index (κ1) is 20.5. The molecule has 0 unspecified atom stereocenters. The Balaban J connectivity index is 2.18. The number of carbonyl (C=O) groups excluding carboxylic acids is 1. The fourth-order valence-corrected chi connectivity index (χ4v) is 4.30.